The van der Waals surface area contributed by atoms with Crippen molar-refractivity contribution in [2.75, 3.05) is 19.6 Å². The van der Waals surface area contributed by atoms with Crippen LogP contribution in [0.4, 0.5) is 13.2 Å². The predicted octanol–water partition coefficient (Wildman–Crippen LogP) is 3.96. The molecule has 1 N–H and O–H groups in total. The topological polar surface area (TPSA) is 15.3 Å². The van der Waals surface area contributed by atoms with E-state index in [1.54, 1.807) is 0 Å². The van der Waals surface area contributed by atoms with Crippen molar-refractivity contribution in [2.24, 2.45) is 5.92 Å². The largest absolute Gasteiger partial charge is 0.401 e. The number of likely N-dealkylation sites (tertiary alicyclic amines) is 1. The third-order valence-corrected chi connectivity index (χ3v) is 4.96. The summed E-state index contributed by atoms with van der Waals surface area (Å²) < 4.78 is 37.3. The first-order chi connectivity index (χ1) is 9.98. The van der Waals surface area contributed by atoms with Gasteiger partial charge in [-0.2, -0.15) is 13.2 Å². The molecule has 0 aromatic heterocycles. The molecule has 0 amide bonds. The molecule has 0 radical (unpaired) electrons. The smallest absolute Gasteiger partial charge is 0.305 e. The second kappa shape index (κ2) is 7.82. The Morgan fingerprint density at radius 1 is 1.14 bits per heavy atom. The number of hydrogen-bond acceptors (Lipinski definition) is 2. The van der Waals surface area contributed by atoms with Gasteiger partial charge in [-0.1, -0.05) is 32.6 Å². The normalized spacial score (nSPS) is 29.1. The van der Waals surface area contributed by atoms with E-state index in [1.165, 1.54) is 38.5 Å². The van der Waals surface area contributed by atoms with Crippen LogP contribution in [0.5, 0.6) is 0 Å². The van der Waals surface area contributed by atoms with Crippen LogP contribution in [-0.2, 0) is 0 Å². The highest BCUT2D eigenvalue weighted by Gasteiger charge is 2.34. The zero-order valence-corrected chi connectivity index (χ0v) is 13.1. The molecule has 2 rings (SSSR count). The van der Waals surface area contributed by atoms with Crippen molar-refractivity contribution in [3.05, 3.63) is 0 Å². The molecule has 124 valence electrons. The van der Waals surface area contributed by atoms with E-state index < -0.39 is 12.7 Å². The number of alkyl halides is 3. The van der Waals surface area contributed by atoms with Gasteiger partial charge in [0, 0.05) is 25.2 Å². The molecule has 0 bridgehead atoms. The number of piperidine rings is 1. The number of nitrogens with one attached hydrogen (secondary N) is 1. The van der Waals surface area contributed by atoms with E-state index in [0.717, 1.165) is 25.9 Å². The Balaban J connectivity index is 1.89. The third-order valence-electron chi connectivity index (χ3n) is 4.96. The molecule has 1 saturated heterocycles. The van der Waals surface area contributed by atoms with E-state index in [2.05, 4.69) is 17.1 Å². The van der Waals surface area contributed by atoms with E-state index in [4.69, 9.17) is 0 Å². The summed E-state index contributed by atoms with van der Waals surface area (Å²) in [7, 11) is 0. The molecule has 0 aromatic carbocycles. The molecule has 0 aromatic rings. The van der Waals surface area contributed by atoms with Gasteiger partial charge in [-0.3, -0.25) is 4.90 Å². The lowest BCUT2D eigenvalue weighted by Gasteiger charge is -2.41. The van der Waals surface area contributed by atoms with Crippen molar-refractivity contribution in [1.29, 1.82) is 0 Å². The Morgan fingerprint density at radius 2 is 1.86 bits per heavy atom. The van der Waals surface area contributed by atoms with Crippen molar-refractivity contribution in [3.8, 4) is 0 Å². The summed E-state index contributed by atoms with van der Waals surface area (Å²) >= 11 is 0. The van der Waals surface area contributed by atoms with E-state index in [-0.39, 0.29) is 6.04 Å². The molecule has 2 nitrogen and oxygen atoms in total. The Bertz CT molecular complexity index is 300. The van der Waals surface area contributed by atoms with Crippen LogP contribution in [0.3, 0.4) is 0 Å². The summed E-state index contributed by atoms with van der Waals surface area (Å²) in [4.78, 5) is 2.48. The van der Waals surface area contributed by atoms with Crippen LogP contribution in [0.1, 0.15) is 58.3 Å². The average molecular weight is 306 g/mol. The van der Waals surface area contributed by atoms with Crippen LogP contribution in [-0.4, -0.2) is 42.8 Å². The van der Waals surface area contributed by atoms with Gasteiger partial charge in [-0.15, -0.1) is 0 Å². The zero-order valence-electron chi connectivity index (χ0n) is 13.1. The molecule has 1 heterocycles. The Kier molecular flexibility index (Phi) is 6.35. The molecular weight excluding hydrogens is 277 g/mol. The maximum Gasteiger partial charge on any atom is 0.401 e. The predicted molar refractivity (Wildman–Crippen MR) is 79.3 cm³/mol. The van der Waals surface area contributed by atoms with Crippen LogP contribution in [0, 0.1) is 5.92 Å². The molecule has 0 spiro atoms. The fourth-order valence-electron chi connectivity index (χ4n) is 3.92. The quantitative estimate of drug-likeness (QED) is 0.799. The van der Waals surface area contributed by atoms with E-state index in [9.17, 15) is 13.2 Å². The minimum atomic E-state index is -4.10. The van der Waals surface area contributed by atoms with Gasteiger partial charge in [0.05, 0.1) is 6.54 Å². The van der Waals surface area contributed by atoms with Gasteiger partial charge in [-0.05, 0) is 31.6 Å². The van der Waals surface area contributed by atoms with E-state index in [1.807, 2.05) is 0 Å². The van der Waals surface area contributed by atoms with Crippen molar-refractivity contribution in [2.45, 2.75) is 76.6 Å². The van der Waals surface area contributed by atoms with Gasteiger partial charge in [0.15, 0.2) is 0 Å². The molecule has 1 aliphatic heterocycles. The Labute approximate surface area is 126 Å². The maximum absolute atomic E-state index is 12.4. The third kappa shape index (κ3) is 5.78. The maximum atomic E-state index is 12.4. The summed E-state index contributed by atoms with van der Waals surface area (Å²) in [6.45, 7) is 3.21. The fraction of sp³-hybridized carbons (Fsp3) is 1.00. The highest BCUT2D eigenvalue weighted by Crippen LogP contribution is 2.30. The first-order valence-electron chi connectivity index (χ1n) is 8.52. The lowest BCUT2D eigenvalue weighted by molar-refractivity contribution is -0.127. The molecule has 1 aliphatic carbocycles. The lowest BCUT2D eigenvalue weighted by Crippen LogP contribution is -2.53. The van der Waals surface area contributed by atoms with Crippen LogP contribution in [0.25, 0.3) is 0 Å². The summed E-state index contributed by atoms with van der Waals surface area (Å²) in [5, 5.41) is 2.75. The molecular formula is C16H29F3N2. The number of nitrogens with zero attached hydrogens (tertiary/aromatic N) is 1. The first-order valence-corrected chi connectivity index (χ1v) is 8.52. The molecule has 2 fully saturated rings. The molecule has 2 atom stereocenters. The zero-order chi connectivity index (χ0) is 15.3. The van der Waals surface area contributed by atoms with Gasteiger partial charge in [0.2, 0.25) is 0 Å². The highest BCUT2D eigenvalue weighted by atomic mass is 19.4. The molecule has 2 aliphatic rings. The van der Waals surface area contributed by atoms with Gasteiger partial charge >= 0.3 is 6.18 Å². The second-order valence-electron chi connectivity index (χ2n) is 6.83. The molecule has 2 unspecified atom stereocenters. The fourth-order valence-corrected chi connectivity index (χ4v) is 3.92. The summed E-state index contributed by atoms with van der Waals surface area (Å²) in [6.07, 6.45) is 5.33. The average Bonchev–Trinajstić information content (AvgIpc) is 2.96. The van der Waals surface area contributed by atoms with Crippen LogP contribution >= 0.6 is 0 Å². The van der Waals surface area contributed by atoms with Gasteiger partial charge in [-0.25, -0.2) is 0 Å². The van der Waals surface area contributed by atoms with Gasteiger partial charge in [0.25, 0.3) is 0 Å². The minimum Gasteiger partial charge on any atom is -0.305 e. The molecule has 21 heavy (non-hydrogen) atoms. The summed E-state index contributed by atoms with van der Waals surface area (Å²) in [5.41, 5.74) is 0. The van der Waals surface area contributed by atoms with Crippen molar-refractivity contribution >= 4 is 0 Å². The SMILES string of the molecule is CCCCC1CC(NCC(F)(F)F)CN(C2CCCC2)C1. The molecule has 5 heteroatoms. The minimum absolute atomic E-state index is 0.00262. The van der Waals surface area contributed by atoms with Crippen molar-refractivity contribution < 1.29 is 13.2 Å². The van der Waals surface area contributed by atoms with E-state index in [0.29, 0.717) is 12.0 Å². The monoisotopic (exact) mass is 306 g/mol. The molecule has 1 saturated carbocycles. The van der Waals surface area contributed by atoms with E-state index >= 15 is 0 Å². The van der Waals surface area contributed by atoms with Crippen molar-refractivity contribution in [3.63, 3.8) is 0 Å². The standard InChI is InChI=1S/C16H29F3N2/c1-2-3-6-13-9-14(20-12-16(17,18)19)11-21(10-13)15-7-4-5-8-15/h13-15,20H,2-12H2,1H3. The van der Waals surface area contributed by atoms with Gasteiger partial charge < -0.3 is 5.32 Å². The van der Waals surface area contributed by atoms with Crippen LogP contribution < -0.4 is 5.32 Å². The lowest BCUT2D eigenvalue weighted by atomic mass is 9.89. The van der Waals surface area contributed by atoms with Crippen molar-refractivity contribution in [1.82, 2.24) is 10.2 Å². The number of rotatable bonds is 6. The highest BCUT2D eigenvalue weighted by molar-refractivity contribution is 4.89. The number of halogens is 3. The Hall–Kier alpha value is -0.290. The summed E-state index contributed by atoms with van der Waals surface area (Å²) in [6, 6.07) is 0.618. The van der Waals surface area contributed by atoms with Gasteiger partial charge in [0.1, 0.15) is 0 Å². The second-order valence-corrected chi connectivity index (χ2v) is 6.83. The first kappa shape index (κ1) is 17.1. The number of unbranched alkanes of at least 4 members (excludes halogenated alkanes) is 1. The summed E-state index contributed by atoms with van der Waals surface area (Å²) in [5.74, 6) is 0.560. The van der Waals surface area contributed by atoms with Crippen LogP contribution in [0.15, 0.2) is 0 Å². The Morgan fingerprint density at radius 3 is 2.48 bits per heavy atom. The number of hydrogen-bond donors (Lipinski definition) is 1. The van der Waals surface area contributed by atoms with Crippen LogP contribution in [0.2, 0.25) is 0 Å².